The molecule has 6 heteroatoms. The van der Waals surface area contributed by atoms with Crippen molar-refractivity contribution in [1.82, 2.24) is 10.2 Å². The highest BCUT2D eigenvalue weighted by atomic mass is 16.7. The van der Waals surface area contributed by atoms with Crippen LogP contribution in [-0.2, 0) is 22.6 Å². The number of fused-ring (bicyclic) bond motifs is 1. The van der Waals surface area contributed by atoms with Crippen molar-refractivity contribution in [1.29, 1.82) is 0 Å². The predicted octanol–water partition coefficient (Wildman–Crippen LogP) is 3.21. The van der Waals surface area contributed by atoms with E-state index in [4.69, 9.17) is 9.47 Å². The summed E-state index contributed by atoms with van der Waals surface area (Å²) in [5.41, 5.74) is 3.17. The topological polar surface area (TPSA) is 67.9 Å². The maximum Gasteiger partial charge on any atom is 0.242 e. The zero-order valence-electron chi connectivity index (χ0n) is 17.2. The lowest BCUT2D eigenvalue weighted by Gasteiger charge is -2.30. The van der Waals surface area contributed by atoms with E-state index >= 15 is 0 Å². The fraction of sp³-hybridized carbons (Fsp3) is 0.391. The second-order valence-electron chi connectivity index (χ2n) is 7.23. The average Bonchev–Trinajstić information content (AvgIpc) is 3.21. The molecule has 1 unspecified atom stereocenters. The van der Waals surface area contributed by atoms with Gasteiger partial charge in [-0.1, -0.05) is 42.8 Å². The Morgan fingerprint density at radius 1 is 1.07 bits per heavy atom. The molecule has 154 valence electrons. The predicted molar refractivity (Wildman–Crippen MR) is 111 cm³/mol. The van der Waals surface area contributed by atoms with E-state index < -0.39 is 6.04 Å². The van der Waals surface area contributed by atoms with E-state index in [1.54, 1.807) is 11.9 Å². The lowest BCUT2D eigenvalue weighted by atomic mass is 10.1. The van der Waals surface area contributed by atoms with Crippen LogP contribution in [-0.4, -0.2) is 36.6 Å². The van der Waals surface area contributed by atoms with Crippen LogP contribution in [0.5, 0.6) is 11.5 Å². The number of carbonyl (C=O) groups excluding carboxylic acids is 2. The van der Waals surface area contributed by atoms with Crippen molar-refractivity contribution in [3.05, 3.63) is 59.2 Å². The molecule has 0 bridgehead atoms. The molecule has 0 spiro atoms. The maximum atomic E-state index is 13.1. The molecule has 1 atom stereocenters. The summed E-state index contributed by atoms with van der Waals surface area (Å²) in [5.74, 6) is 1.25. The van der Waals surface area contributed by atoms with Crippen LogP contribution in [0.1, 0.15) is 36.5 Å². The van der Waals surface area contributed by atoms with Gasteiger partial charge in [-0.3, -0.25) is 9.59 Å². The van der Waals surface area contributed by atoms with Crippen LogP contribution in [0.2, 0.25) is 0 Å². The summed E-state index contributed by atoms with van der Waals surface area (Å²) in [6.07, 6.45) is 1.45. The number of carbonyl (C=O) groups is 2. The number of nitrogens with one attached hydrogen (secondary N) is 1. The van der Waals surface area contributed by atoms with Gasteiger partial charge in [0.15, 0.2) is 11.5 Å². The molecule has 0 saturated heterocycles. The lowest BCUT2D eigenvalue weighted by Crippen LogP contribution is -2.48. The minimum absolute atomic E-state index is 0.0429. The van der Waals surface area contributed by atoms with Crippen LogP contribution in [0.3, 0.4) is 0 Å². The van der Waals surface area contributed by atoms with Gasteiger partial charge in [-0.2, -0.15) is 0 Å². The molecule has 1 N–H and O–H groups in total. The Morgan fingerprint density at radius 3 is 2.45 bits per heavy atom. The largest absolute Gasteiger partial charge is 0.454 e. The quantitative estimate of drug-likeness (QED) is 0.744. The molecule has 29 heavy (non-hydrogen) atoms. The summed E-state index contributed by atoms with van der Waals surface area (Å²) in [6, 6.07) is 13.3. The summed E-state index contributed by atoms with van der Waals surface area (Å²) in [4.78, 5) is 27.2. The molecular weight excluding hydrogens is 368 g/mol. The van der Waals surface area contributed by atoms with Crippen molar-refractivity contribution in [3.63, 3.8) is 0 Å². The fourth-order valence-corrected chi connectivity index (χ4v) is 3.47. The molecule has 1 aliphatic heterocycles. The van der Waals surface area contributed by atoms with E-state index in [0.717, 1.165) is 22.4 Å². The molecule has 2 aromatic carbocycles. The van der Waals surface area contributed by atoms with E-state index in [9.17, 15) is 9.59 Å². The molecule has 0 radical (unpaired) electrons. The molecule has 2 amide bonds. The first-order valence-corrected chi connectivity index (χ1v) is 9.97. The first-order chi connectivity index (χ1) is 14.0. The zero-order chi connectivity index (χ0) is 20.8. The third-order valence-electron chi connectivity index (χ3n) is 5.17. The highest BCUT2D eigenvalue weighted by molar-refractivity contribution is 5.87. The normalized spacial score (nSPS) is 13.1. The molecule has 0 fully saturated rings. The molecule has 3 rings (SSSR count). The number of hydrogen-bond acceptors (Lipinski definition) is 4. The van der Waals surface area contributed by atoms with E-state index in [1.165, 1.54) is 0 Å². The van der Waals surface area contributed by atoms with Gasteiger partial charge in [-0.05, 0) is 43.0 Å². The number of rotatable bonds is 8. The van der Waals surface area contributed by atoms with Crippen molar-refractivity contribution in [2.24, 2.45) is 0 Å². The first-order valence-electron chi connectivity index (χ1n) is 9.97. The van der Waals surface area contributed by atoms with Gasteiger partial charge in [-0.15, -0.1) is 0 Å². The SMILES string of the molecule is CCC(C(=O)NC)N(Cc1ccc(C)cc1)C(=O)CCc1ccc2c(c1)OCO2. The summed E-state index contributed by atoms with van der Waals surface area (Å²) in [5, 5.41) is 2.69. The Morgan fingerprint density at radius 2 is 1.76 bits per heavy atom. The van der Waals surface area contributed by atoms with Crippen molar-refractivity contribution < 1.29 is 19.1 Å². The molecular formula is C23H28N2O4. The van der Waals surface area contributed by atoms with Gasteiger partial charge in [0.1, 0.15) is 6.04 Å². The minimum atomic E-state index is -0.495. The number of amides is 2. The third-order valence-corrected chi connectivity index (χ3v) is 5.17. The van der Waals surface area contributed by atoms with Gasteiger partial charge >= 0.3 is 0 Å². The summed E-state index contributed by atoms with van der Waals surface area (Å²) in [7, 11) is 1.60. The van der Waals surface area contributed by atoms with Crippen LogP contribution in [0.25, 0.3) is 0 Å². The molecule has 0 aromatic heterocycles. The molecule has 6 nitrogen and oxygen atoms in total. The van der Waals surface area contributed by atoms with Gasteiger partial charge in [-0.25, -0.2) is 0 Å². The van der Waals surface area contributed by atoms with Crippen LogP contribution >= 0.6 is 0 Å². The Hall–Kier alpha value is -3.02. The average molecular weight is 396 g/mol. The number of benzene rings is 2. The number of aryl methyl sites for hydroxylation is 2. The van der Waals surface area contributed by atoms with Crippen LogP contribution in [0.15, 0.2) is 42.5 Å². The van der Waals surface area contributed by atoms with Crippen molar-refractivity contribution in [2.45, 2.75) is 45.7 Å². The Kier molecular flexibility index (Phi) is 6.75. The molecule has 1 aliphatic rings. The lowest BCUT2D eigenvalue weighted by molar-refractivity contribution is -0.141. The van der Waals surface area contributed by atoms with Gasteiger partial charge in [0.05, 0.1) is 0 Å². The van der Waals surface area contributed by atoms with E-state index in [2.05, 4.69) is 5.32 Å². The van der Waals surface area contributed by atoms with Crippen molar-refractivity contribution in [3.8, 4) is 11.5 Å². The Labute approximate surface area is 171 Å². The number of nitrogens with zero attached hydrogens (tertiary/aromatic N) is 1. The molecule has 0 aliphatic carbocycles. The van der Waals surface area contributed by atoms with Gasteiger partial charge in [0.25, 0.3) is 0 Å². The van der Waals surface area contributed by atoms with Gasteiger partial charge in [0, 0.05) is 20.0 Å². The highest BCUT2D eigenvalue weighted by Crippen LogP contribution is 2.32. The fourth-order valence-electron chi connectivity index (χ4n) is 3.47. The molecule has 0 saturated carbocycles. The molecule has 2 aromatic rings. The summed E-state index contributed by atoms with van der Waals surface area (Å²) >= 11 is 0. The van der Waals surface area contributed by atoms with Gasteiger partial charge < -0.3 is 19.7 Å². The second kappa shape index (κ2) is 9.45. The standard InChI is InChI=1S/C23H28N2O4/c1-4-19(23(27)24-3)25(14-18-7-5-16(2)6-8-18)22(26)12-10-17-9-11-20-21(13-17)29-15-28-20/h5-9,11,13,19H,4,10,12,14-15H2,1-3H3,(H,24,27). The van der Waals surface area contributed by atoms with Crippen LogP contribution < -0.4 is 14.8 Å². The number of hydrogen-bond donors (Lipinski definition) is 1. The van der Waals surface area contributed by atoms with Crippen molar-refractivity contribution >= 4 is 11.8 Å². The zero-order valence-corrected chi connectivity index (χ0v) is 17.2. The molecule has 1 heterocycles. The van der Waals surface area contributed by atoms with Crippen LogP contribution in [0.4, 0.5) is 0 Å². The van der Waals surface area contributed by atoms with Gasteiger partial charge in [0.2, 0.25) is 18.6 Å². The monoisotopic (exact) mass is 396 g/mol. The summed E-state index contributed by atoms with van der Waals surface area (Å²) in [6.45, 7) is 4.59. The van der Waals surface area contributed by atoms with E-state index in [0.29, 0.717) is 31.6 Å². The highest BCUT2D eigenvalue weighted by Gasteiger charge is 2.27. The maximum absolute atomic E-state index is 13.1. The van der Waals surface area contributed by atoms with Crippen molar-refractivity contribution in [2.75, 3.05) is 13.8 Å². The smallest absolute Gasteiger partial charge is 0.242 e. The minimum Gasteiger partial charge on any atom is -0.454 e. The second-order valence-corrected chi connectivity index (χ2v) is 7.23. The van der Waals surface area contributed by atoms with E-state index in [-0.39, 0.29) is 18.6 Å². The van der Waals surface area contributed by atoms with Crippen LogP contribution in [0, 0.1) is 6.92 Å². The first kappa shape index (κ1) is 20.7. The summed E-state index contributed by atoms with van der Waals surface area (Å²) < 4.78 is 10.7. The van der Waals surface area contributed by atoms with E-state index in [1.807, 2.05) is 56.3 Å². The Bertz CT molecular complexity index is 864. The third kappa shape index (κ3) is 5.08. The number of ether oxygens (including phenoxy) is 2. The Balaban J connectivity index is 1.73. The number of likely N-dealkylation sites (N-methyl/N-ethyl adjacent to an activating group) is 1.